The summed E-state index contributed by atoms with van der Waals surface area (Å²) in [5, 5.41) is 1.47. The van der Waals surface area contributed by atoms with Crippen LogP contribution in [0.15, 0.2) is 24.5 Å². The Labute approximate surface area is 109 Å². The number of rotatable bonds is 1. The molecule has 1 aromatic carbocycles. The van der Waals surface area contributed by atoms with Crippen molar-refractivity contribution in [1.29, 1.82) is 0 Å². The molecule has 0 bridgehead atoms. The number of halogens is 1. The third-order valence-corrected chi connectivity index (χ3v) is 4.19. The molecule has 0 aliphatic carbocycles. The Morgan fingerprint density at radius 2 is 2.00 bits per heavy atom. The van der Waals surface area contributed by atoms with Gasteiger partial charge in [0, 0.05) is 35.7 Å². The van der Waals surface area contributed by atoms with Crippen LogP contribution in [0.4, 0.5) is 5.69 Å². The SMILES string of the molecule is Clc1ncnc2ccc(N3CCSCC3)cc12. The highest BCUT2D eigenvalue weighted by Crippen LogP contribution is 2.26. The highest BCUT2D eigenvalue weighted by atomic mass is 35.5. The largest absolute Gasteiger partial charge is 0.370 e. The molecule has 2 aromatic rings. The summed E-state index contributed by atoms with van der Waals surface area (Å²) in [5.74, 6) is 2.38. The van der Waals surface area contributed by atoms with E-state index in [1.165, 1.54) is 23.5 Å². The Morgan fingerprint density at radius 1 is 1.18 bits per heavy atom. The first-order valence-corrected chi connectivity index (χ1v) is 7.11. The number of nitrogens with zero attached hydrogens (tertiary/aromatic N) is 3. The fraction of sp³-hybridized carbons (Fsp3) is 0.333. The molecule has 1 saturated heterocycles. The van der Waals surface area contributed by atoms with E-state index in [1.807, 2.05) is 17.8 Å². The molecule has 0 unspecified atom stereocenters. The lowest BCUT2D eigenvalue weighted by Crippen LogP contribution is -2.32. The molecule has 1 aromatic heterocycles. The second-order valence-corrected chi connectivity index (χ2v) is 5.55. The summed E-state index contributed by atoms with van der Waals surface area (Å²) in [4.78, 5) is 10.6. The fourth-order valence-corrected chi connectivity index (χ4v) is 3.13. The smallest absolute Gasteiger partial charge is 0.140 e. The van der Waals surface area contributed by atoms with Crippen molar-refractivity contribution in [3.63, 3.8) is 0 Å². The van der Waals surface area contributed by atoms with E-state index in [0.717, 1.165) is 24.0 Å². The van der Waals surface area contributed by atoms with Gasteiger partial charge in [-0.1, -0.05) is 11.6 Å². The zero-order valence-corrected chi connectivity index (χ0v) is 10.8. The molecule has 88 valence electrons. The average Bonchev–Trinajstić information content (AvgIpc) is 2.40. The molecule has 0 amide bonds. The van der Waals surface area contributed by atoms with E-state index in [1.54, 1.807) is 0 Å². The zero-order valence-electron chi connectivity index (χ0n) is 9.27. The van der Waals surface area contributed by atoms with Crippen molar-refractivity contribution in [3.8, 4) is 0 Å². The van der Waals surface area contributed by atoms with Gasteiger partial charge in [0.25, 0.3) is 0 Å². The second kappa shape index (κ2) is 4.70. The quantitative estimate of drug-likeness (QED) is 0.742. The van der Waals surface area contributed by atoms with Gasteiger partial charge in [-0.2, -0.15) is 11.8 Å². The van der Waals surface area contributed by atoms with Crippen molar-refractivity contribution in [2.75, 3.05) is 29.5 Å². The van der Waals surface area contributed by atoms with E-state index < -0.39 is 0 Å². The Morgan fingerprint density at radius 3 is 2.82 bits per heavy atom. The van der Waals surface area contributed by atoms with E-state index in [-0.39, 0.29) is 0 Å². The average molecular weight is 266 g/mol. The molecule has 0 saturated carbocycles. The Hall–Kier alpha value is -1.00. The summed E-state index contributed by atoms with van der Waals surface area (Å²) >= 11 is 8.10. The van der Waals surface area contributed by atoms with Gasteiger partial charge >= 0.3 is 0 Å². The molecule has 0 N–H and O–H groups in total. The van der Waals surface area contributed by atoms with Crippen molar-refractivity contribution in [2.24, 2.45) is 0 Å². The molecule has 1 aliphatic heterocycles. The number of hydrogen-bond donors (Lipinski definition) is 0. The number of anilines is 1. The van der Waals surface area contributed by atoms with Gasteiger partial charge in [-0.25, -0.2) is 9.97 Å². The summed E-state index contributed by atoms with van der Waals surface area (Å²) in [6.45, 7) is 2.20. The lowest BCUT2D eigenvalue weighted by atomic mass is 10.2. The van der Waals surface area contributed by atoms with Gasteiger partial charge in [-0.05, 0) is 18.2 Å². The molecule has 5 heteroatoms. The maximum absolute atomic E-state index is 6.09. The maximum atomic E-state index is 6.09. The highest BCUT2D eigenvalue weighted by molar-refractivity contribution is 7.99. The van der Waals surface area contributed by atoms with Crippen molar-refractivity contribution in [1.82, 2.24) is 9.97 Å². The van der Waals surface area contributed by atoms with Crippen LogP contribution in [0.3, 0.4) is 0 Å². The molecular formula is C12H12ClN3S. The summed E-state index contributed by atoms with van der Waals surface area (Å²) in [6, 6.07) is 6.22. The molecule has 0 spiro atoms. The predicted molar refractivity (Wildman–Crippen MR) is 74.1 cm³/mol. The molecule has 2 heterocycles. The molecule has 1 aliphatic rings. The van der Waals surface area contributed by atoms with Gasteiger partial charge in [-0.3, -0.25) is 0 Å². The summed E-state index contributed by atoms with van der Waals surface area (Å²) < 4.78 is 0. The standard InChI is InChI=1S/C12H12ClN3S/c13-12-10-7-9(16-3-5-17-6-4-16)1-2-11(10)14-8-15-12/h1-2,7-8H,3-6H2. The van der Waals surface area contributed by atoms with Gasteiger partial charge in [0.1, 0.15) is 11.5 Å². The van der Waals surface area contributed by atoms with Gasteiger partial charge in [0.05, 0.1) is 5.52 Å². The van der Waals surface area contributed by atoms with Crippen LogP contribution in [0, 0.1) is 0 Å². The minimum Gasteiger partial charge on any atom is -0.370 e. The maximum Gasteiger partial charge on any atom is 0.140 e. The third kappa shape index (κ3) is 2.19. The fourth-order valence-electron chi connectivity index (χ4n) is 2.03. The molecule has 0 atom stereocenters. The summed E-state index contributed by atoms with van der Waals surface area (Å²) in [6.07, 6.45) is 1.50. The van der Waals surface area contributed by atoms with Crippen LogP contribution in [0.1, 0.15) is 0 Å². The topological polar surface area (TPSA) is 29.0 Å². The second-order valence-electron chi connectivity index (χ2n) is 3.97. The van der Waals surface area contributed by atoms with Crippen LogP contribution >= 0.6 is 23.4 Å². The van der Waals surface area contributed by atoms with Crippen molar-refractivity contribution in [2.45, 2.75) is 0 Å². The highest BCUT2D eigenvalue weighted by Gasteiger charge is 2.12. The van der Waals surface area contributed by atoms with Crippen molar-refractivity contribution in [3.05, 3.63) is 29.7 Å². The van der Waals surface area contributed by atoms with Crippen LogP contribution in [0.2, 0.25) is 5.15 Å². The summed E-state index contributed by atoms with van der Waals surface area (Å²) in [7, 11) is 0. The number of fused-ring (bicyclic) bond motifs is 1. The van der Waals surface area contributed by atoms with Crippen LogP contribution in [-0.4, -0.2) is 34.6 Å². The Balaban J connectivity index is 2.03. The Kier molecular flexibility index (Phi) is 3.07. The van der Waals surface area contributed by atoms with Crippen LogP contribution in [0.25, 0.3) is 10.9 Å². The van der Waals surface area contributed by atoms with Gasteiger partial charge < -0.3 is 4.90 Å². The van der Waals surface area contributed by atoms with Crippen molar-refractivity contribution < 1.29 is 0 Å². The number of aromatic nitrogens is 2. The number of benzene rings is 1. The minimum atomic E-state index is 0.531. The van der Waals surface area contributed by atoms with Crippen LogP contribution in [-0.2, 0) is 0 Å². The van der Waals surface area contributed by atoms with E-state index in [9.17, 15) is 0 Å². The van der Waals surface area contributed by atoms with Crippen molar-refractivity contribution >= 4 is 40.0 Å². The first kappa shape index (κ1) is 11.1. The minimum absolute atomic E-state index is 0.531. The van der Waals surface area contributed by atoms with Crippen LogP contribution in [0.5, 0.6) is 0 Å². The summed E-state index contributed by atoms with van der Waals surface area (Å²) in [5.41, 5.74) is 2.12. The van der Waals surface area contributed by atoms with E-state index in [4.69, 9.17) is 11.6 Å². The van der Waals surface area contributed by atoms with Gasteiger partial charge in [0.2, 0.25) is 0 Å². The number of thioether (sulfide) groups is 1. The molecule has 3 nitrogen and oxygen atoms in total. The van der Waals surface area contributed by atoms with Crippen LogP contribution < -0.4 is 4.90 Å². The molecule has 0 radical (unpaired) electrons. The lowest BCUT2D eigenvalue weighted by Gasteiger charge is -2.28. The Bertz CT molecular complexity index is 540. The zero-order chi connectivity index (χ0) is 11.7. The van der Waals surface area contributed by atoms with Gasteiger partial charge in [0.15, 0.2) is 0 Å². The lowest BCUT2D eigenvalue weighted by molar-refractivity contribution is 0.859. The van der Waals surface area contributed by atoms with Gasteiger partial charge in [-0.15, -0.1) is 0 Å². The molecule has 17 heavy (non-hydrogen) atoms. The van der Waals surface area contributed by atoms with E-state index >= 15 is 0 Å². The predicted octanol–water partition coefficient (Wildman–Crippen LogP) is 2.84. The molecule has 1 fully saturated rings. The van der Waals surface area contributed by atoms with E-state index in [2.05, 4.69) is 27.0 Å². The van der Waals surface area contributed by atoms with E-state index in [0.29, 0.717) is 5.15 Å². The third-order valence-electron chi connectivity index (χ3n) is 2.95. The number of hydrogen-bond acceptors (Lipinski definition) is 4. The monoisotopic (exact) mass is 265 g/mol. The first-order chi connectivity index (χ1) is 8.34. The first-order valence-electron chi connectivity index (χ1n) is 5.57. The molecule has 3 rings (SSSR count). The normalized spacial score (nSPS) is 16.4. The molecular weight excluding hydrogens is 254 g/mol.